The fraction of sp³-hybridized carbons (Fsp3) is 0.227. The van der Waals surface area contributed by atoms with Crippen molar-refractivity contribution in [2.45, 2.75) is 19.9 Å². The molecule has 0 fully saturated rings. The van der Waals surface area contributed by atoms with Gasteiger partial charge in [0.25, 0.3) is 11.5 Å². The summed E-state index contributed by atoms with van der Waals surface area (Å²) in [5.74, 6) is 1.20. The molecule has 1 aromatic heterocycles. The summed E-state index contributed by atoms with van der Waals surface area (Å²) in [6.45, 7) is 2.76. The van der Waals surface area contributed by atoms with Crippen LogP contribution in [0.2, 0.25) is 0 Å². The van der Waals surface area contributed by atoms with Crippen LogP contribution in [0, 0.1) is 6.92 Å². The summed E-state index contributed by atoms with van der Waals surface area (Å²) in [5.41, 5.74) is 3.60. The predicted octanol–water partition coefficient (Wildman–Crippen LogP) is 2.95. The van der Waals surface area contributed by atoms with Gasteiger partial charge < -0.3 is 14.6 Å². The molecular formula is C22H21N3O3. The summed E-state index contributed by atoms with van der Waals surface area (Å²) in [4.78, 5) is 34.8. The van der Waals surface area contributed by atoms with Crippen LogP contribution in [0.5, 0.6) is 5.75 Å². The van der Waals surface area contributed by atoms with Gasteiger partial charge in [0.15, 0.2) is 0 Å². The van der Waals surface area contributed by atoms with Crippen molar-refractivity contribution in [1.82, 2.24) is 14.9 Å². The molecule has 2 heterocycles. The standard InChI is InChI=1S/C22H21N3O3/c1-14-5-3-4-6-17(14)22(27)25-12-11-18-19(13-25)23-20(24-21(18)26)15-7-9-16(28-2)10-8-15/h3-10H,11-13H2,1-2H3,(H,23,24,26). The first kappa shape index (κ1) is 18.0. The molecule has 0 spiro atoms. The average Bonchev–Trinajstić information content (AvgIpc) is 2.73. The third-order valence-corrected chi connectivity index (χ3v) is 5.10. The first-order valence-corrected chi connectivity index (χ1v) is 9.18. The van der Waals surface area contributed by atoms with Crippen molar-refractivity contribution in [3.05, 3.63) is 81.3 Å². The van der Waals surface area contributed by atoms with Crippen LogP contribution in [-0.4, -0.2) is 34.4 Å². The molecule has 0 unspecified atom stereocenters. The molecule has 0 saturated heterocycles. The molecule has 1 aliphatic rings. The molecule has 0 aliphatic carbocycles. The van der Waals surface area contributed by atoms with E-state index in [1.54, 1.807) is 12.0 Å². The van der Waals surface area contributed by atoms with E-state index in [0.717, 1.165) is 16.9 Å². The smallest absolute Gasteiger partial charge is 0.254 e. The number of benzene rings is 2. The molecule has 0 bridgehead atoms. The van der Waals surface area contributed by atoms with Gasteiger partial charge in [-0.25, -0.2) is 4.98 Å². The van der Waals surface area contributed by atoms with E-state index in [4.69, 9.17) is 4.74 Å². The number of carbonyl (C=O) groups is 1. The number of aromatic amines is 1. The molecule has 1 N–H and O–H groups in total. The molecule has 0 radical (unpaired) electrons. The van der Waals surface area contributed by atoms with Crippen LogP contribution < -0.4 is 10.3 Å². The number of carbonyl (C=O) groups excluding carboxylic acids is 1. The van der Waals surface area contributed by atoms with E-state index in [-0.39, 0.29) is 11.5 Å². The highest BCUT2D eigenvalue weighted by Crippen LogP contribution is 2.22. The number of nitrogens with one attached hydrogen (secondary N) is 1. The lowest BCUT2D eigenvalue weighted by molar-refractivity contribution is 0.0730. The topological polar surface area (TPSA) is 75.3 Å². The van der Waals surface area contributed by atoms with Crippen molar-refractivity contribution in [2.24, 2.45) is 0 Å². The number of fused-ring (bicyclic) bond motifs is 1. The van der Waals surface area contributed by atoms with Crippen molar-refractivity contribution in [1.29, 1.82) is 0 Å². The van der Waals surface area contributed by atoms with Gasteiger partial charge in [-0.05, 0) is 49.2 Å². The molecule has 3 aromatic rings. The van der Waals surface area contributed by atoms with Crippen molar-refractivity contribution in [2.75, 3.05) is 13.7 Å². The number of aromatic nitrogens is 2. The van der Waals surface area contributed by atoms with Gasteiger partial charge in [0, 0.05) is 23.2 Å². The molecule has 6 nitrogen and oxygen atoms in total. The first-order chi connectivity index (χ1) is 13.6. The van der Waals surface area contributed by atoms with E-state index in [2.05, 4.69) is 9.97 Å². The highest BCUT2D eigenvalue weighted by atomic mass is 16.5. The summed E-state index contributed by atoms with van der Waals surface area (Å²) in [7, 11) is 1.61. The summed E-state index contributed by atoms with van der Waals surface area (Å²) >= 11 is 0. The van der Waals surface area contributed by atoms with Crippen molar-refractivity contribution >= 4 is 5.91 Å². The zero-order valence-electron chi connectivity index (χ0n) is 15.9. The monoisotopic (exact) mass is 375 g/mol. The molecule has 1 amide bonds. The number of hydrogen-bond acceptors (Lipinski definition) is 4. The lowest BCUT2D eigenvalue weighted by Crippen LogP contribution is -2.39. The molecule has 4 rings (SSSR count). The molecular weight excluding hydrogens is 354 g/mol. The van der Waals surface area contributed by atoms with Gasteiger partial charge in [0.05, 0.1) is 19.3 Å². The minimum absolute atomic E-state index is 0.0307. The fourth-order valence-corrected chi connectivity index (χ4v) is 3.48. The Kier molecular flexibility index (Phi) is 4.69. The Morgan fingerprint density at radius 3 is 2.61 bits per heavy atom. The van der Waals surface area contributed by atoms with Crippen molar-refractivity contribution in [3.8, 4) is 17.1 Å². The summed E-state index contributed by atoms with van der Waals surface area (Å²) in [6.07, 6.45) is 0.498. The van der Waals surface area contributed by atoms with E-state index in [9.17, 15) is 9.59 Å². The largest absolute Gasteiger partial charge is 0.497 e. The Balaban J connectivity index is 1.66. The molecule has 0 atom stereocenters. The van der Waals surface area contributed by atoms with Gasteiger partial charge in [-0.2, -0.15) is 0 Å². The Labute approximate surface area is 162 Å². The minimum atomic E-state index is -0.140. The van der Waals surface area contributed by atoms with Crippen LogP contribution in [0.1, 0.15) is 27.2 Å². The molecule has 142 valence electrons. The predicted molar refractivity (Wildman–Crippen MR) is 106 cm³/mol. The van der Waals surface area contributed by atoms with Crippen molar-refractivity contribution < 1.29 is 9.53 Å². The number of H-pyrrole nitrogens is 1. The van der Waals surface area contributed by atoms with Gasteiger partial charge in [0.1, 0.15) is 11.6 Å². The second kappa shape index (κ2) is 7.31. The maximum absolute atomic E-state index is 12.9. The Bertz CT molecular complexity index is 1090. The Morgan fingerprint density at radius 1 is 1.14 bits per heavy atom. The number of hydrogen-bond donors (Lipinski definition) is 1. The first-order valence-electron chi connectivity index (χ1n) is 9.18. The number of methoxy groups -OCH3 is 1. The third-order valence-electron chi connectivity index (χ3n) is 5.10. The number of nitrogens with zero attached hydrogens (tertiary/aromatic N) is 2. The minimum Gasteiger partial charge on any atom is -0.497 e. The highest BCUT2D eigenvalue weighted by Gasteiger charge is 2.26. The van der Waals surface area contributed by atoms with Crippen LogP contribution in [-0.2, 0) is 13.0 Å². The van der Waals surface area contributed by atoms with E-state index in [1.807, 2.05) is 55.5 Å². The van der Waals surface area contributed by atoms with E-state index in [1.165, 1.54) is 0 Å². The molecule has 0 saturated carbocycles. The summed E-state index contributed by atoms with van der Waals surface area (Å²) < 4.78 is 5.17. The van der Waals surface area contributed by atoms with Gasteiger partial charge in [0.2, 0.25) is 0 Å². The van der Waals surface area contributed by atoms with Crippen LogP contribution in [0.15, 0.2) is 53.3 Å². The number of rotatable bonds is 3. The lowest BCUT2D eigenvalue weighted by atomic mass is 10.0. The van der Waals surface area contributed by atoms with Gasteiger partial charge in [-0.1, -0.05) is 18.2 Å². The fourth-order valence-electron chi connectivity index (χ4n) is 3.48. The van der Waals surface area contributed by atoms with E-state index in [0.29, 0.717) is 42.2 Å². The van der Waals surface area contributed by atoms with Crippen molar-refractivity contribution in [3.63, 3.8) is 0 Å². The molecule has 2 aromatic carbocycles. The van der Waals surface area contributed by atoms with Gasteiger partial charge >= 0.3 is 0 Å². The zero-order valence-corrected chi connectivity index (χ0v) is 15.9. The van der Waals surface area contributed by atoms with Gasteiger partial charge in [-0.15, -0.1) is 0 Å². The molecule has 28 heavy (non-hydrogen) atoms. The average molecular weight is 375 g/mol. The third kappa shape index (κ3) is 3.29. The zero-order chi connectivity index (χ0) is 19.7. The van der Waals surface area contributed by atoms with Gasteiger partial charge in [-0.3, -0.25) is 9.59 Å². The van der Waals surface area contributed by atoms with Crippen LogP contribution in [0.25, 0.3) is 11.4 Å². The number of ether oxygens (including phenoxy) is 1. The van der Waals surface area contributed by atoms with Crippen LogP contribution >= 0.6 is 0 Å². The molecule has 1 aliphatic heterocycles. The second-order valence-electron chi connectivity index (χ2n) is 6.86. The Morgan fingerprint density at radius 2 is 1.89 bits per heavy atom. The summed E-state index contributed by atoms with van der Waals surface area (Å²) in [6, 6.07) is 14.9. The number of amides is 1. The maximum Gasteiger partial charge on any atom is 0.254 e. The Hall–Kier alpha value is -3.41. The summed E-state index contributed by atoms with van der Waals surface area (Å²) in [5, 5.41) is 0. The maximum atomic E-state index is 12.9. The normalized spacial score (nSPS) is 13.1. The van der Waals surface area contributed by atoms with E-state index >= 15 is 0 Å². The number of aryl methyl sites for hydroxylation is 1. The second-order valence-corrected chi connectivity index (χ2v) is 6.86. The van der Waals surface area contributed by atoms with Crippen LogP contribution in [0.4, 0.5) is 0 Å². The molecule has 6 heteroatoms. The SMILES string of the molecule is COc1ccc(-c2nc3c(c(=O)[nH]2)CCN(C(=O)c2ccccc2C)C3)cc1. The lowest BCUT2D eigenvalue weighted by Gasteiger charge is -2.28. The highest BCUT2D eigenvalue weighted by molar-refractivity contribution is 5.95. The van der Waals surface area contributed by atoms with E-state index < -0.39 is 0 Å². The quantitative estimate of drug-likeness (QED) is 0.764. The van der Waals surface area contributed by atoms with Crippen LogP contribution in [0.3, 0.4) is 0 Å².